The molecule has 0 aliphatic heterocycles. The fourth-order valence-electron chi connectivity index (χ4n) is 1.53. The number of aryl methyl sites for hydroxylation is 1. The normalized spacial score (nSPS) is 10.0. The topological polar surface area (TPSA) is 54.0 Å². The lowest BCUT2D eigenvalue weighted by Crippen LogP contribution is -2.28. The van der Waals surface area contributed by atoms with Gasteiger partial charge in [-0.2, -0.15) is 0 Å². The van der Waals surface area contributed by atoms with Crippen LogP contribution in [0, 0.1) is 12.7 Å². The molecule has 0 aliphatic rings. The Hall–Kier alpha value is -2.43. The lowest BCUT2D eigenvalue weighted by molar-refractivity contribution is 0.251. The largest absolute Gasteiger partial charge is 0.334 e. The third-order valence-electron chi connectivity index (χ3n) is 2.57. The molecule has 2 amide bonds. The monoisotopic (exact) mass is 259 g/mol. The van der Waals surface area contributed by atoms with Gasteiger partial charge in [-0.15, -0.1) is 0 Å². The predicted octanol–water partition coefficient (Wildman–Crippen LogP) is 2.85. The third kappa shape index (κ3) is 3.77. The molecule has 0 atom stereocenters. The number of aromatic nitrogens is 1. The number of halogens is 1. The Labute approximate surface area is 110 Å². The third-order valence-corrected chi connectivity index (χ3v) is 2.57. The van der Waals surface area contributed by atoms with E-state index in [4.69, 9.17) is 0 Å². The van der Waals surface area contributed by atoms with Gasteiger partial charge in [0, 0.05) is 17.8 Å². The molecule has 0 saturated heterocycles. The second-order valence-electron chi connectivity index (χ2n) is 4.09. The highest BCUT2D eigenvalue weighted by Crippen LogP contribution is 2.07. The molecule has 0 bridgehead atoms. The SMILES string of the molecule is Cc1ccc(NC(=O)NCc2ccccc2F)cn1. The Morgan fingerprint density at radius 2 is 2.05 bits per heavy atom. The maximum Gasteiger partial charge on any atom is 0.319 e. The van der Waals surface area contributed by atoms with Gasteiger partial charge in [0.15, 0.2) is 0 Å². The number of carbonyl (C=O) groups is 1. The standard InChI is InChI=1S/C14H14FN3O/c1-10-6-7-12(9-16-10)18-14(19)17-8-11-4-2-3-5-13(11)15/h2-7,9H,8H2,1H3,(H2,17,18,19). The van der Waals surface area contributed by atoms with Crippen molar-refractivity contribution < 1.29 is 9.18 Å². The number of urea groups is 1. The summed E-state index contributed by atoms with van der Waals surface area (Å²) in [5, 5.41) is 5.21. The summed E-state index contributed by atoms with van der Waals surface area (Å²) in [6.45, 7) is 2.00. The van der Waals surface area contributed by atoms with Crippen LogP contribution in [0.4, 0.5) is 14.9 Å². The van der Waals surface area contributed by atoms with Gasteiger partial charge in [0.05, 0.1) is 11.9 Å². The molecule has 0 unspecified atom stereocenters. The van der Waals surface area contributed by atoms with Crippen LogP contribution in [0.25, 0.3) is 0 Å². The number of carbonyl (C=O) groups excluding carboxylic acids is 1. The molecule has 0 aliphatic carbocycles. The minimum Gasteiger partial charge on any atom is -0.334 e. The Morgan fingerprint density at radius 1 is 1.26 bits per heavy atom. The fourth-order valence-corrected chi connectivity index (χ4v) is 1.53. The van der Waals surface area contributed by atoms with E-state index in [-0.39, 0.29) is 12.4 Å². The van der Waals surface area contributed by atoms with Gasteiger partial charge in [0.25, 0.3) is 0 Å². The van der Waals surface area contributed by atoms with E-state index in [9.17, 15) is 9.18 Å². The van der Waals surface area contributed by atoms with Gasteiger partial charge in [-0.25, -0.2) is 9.18 Å². The van der Waals surface area contributed by atoms with E-state index < -0.39 is 6.03 Å². The van der Waals surface area contributed by atoms with Gasteiger partial charge >= 0.3 is 6.03 Å². The number of nitrogens with zero attached hydrogens (tertiary/aromatic N) is 1. The van der Waals surface area contributed by atoms with Gasteiger partial charge in [-0.05, 0) is 25.1 Å². The van der Waals surface area contributed by atoms with Gasteiger partial charge in [0.2, 0.25) is 0 Å². The first-order valence-corrected chi connectivity index (χ1v) is 5.86. The lowest BCUT2D eigenvalue weighted by Gasteiger charge is -2.08. The summed E-state index contributed by atoms with van der Waals surface area (Å²) in [7, 11) is 0. The predicted molar refractivity (Wildman–Crippen MR) is 71.2 cm³/mol. The van der Waals surface area contributed by atoms with E-state index in [1.807, 2.05) is 6.92 Å². The second-order valence-corrected chi connectivity index (χ2v) is 4.09. The van der Waals surface area contributed by atoms with E-state index in [1.165, 1.54) is 6.07 Å². The number of benzene rings is 1. The molecular weight excluding hydrogens is 245 g/mol. The molecule has 19 heavy (non-hydrogen) atoms. The van der Waals surface area contributed by atoms with Crippen LogP contribution in [0.2, 0.25) is 0 Å². The number of nitrogens with one attached hydrogen (secondary N) is 2. The number of hydrogen-bond donors (Lipinski definition) is 2. The minimum atomic E-state index is -0.395. The number of rotatable bonds is 3. The summed E-state index contributed by atoms with van der Waals surface area (Å²) in [6.07, 6.45) is 1.57. The molecule has 0 spiro atoms. The summed E-state index contributed by atoms with van der Waals surface area (Å²) in [4.78, 5) is 15.7. The highest BCUT2D eigenvalue weighted by molar-refractivity contribution is 5.88. The van der Waals surface area contributed by atoms with Crippen molar-refractivity contribution in [2.45, 2.75) is 13.5 Å². The Bertz CT molecular complexity index is 569. The minimum absolute atomic E-state index is 0.137. The first-order chi connectivity index (χ1) is 9.15. The van der Waals surface area contributed by atoms with Crippen molar-refractivity contribution in [3.63, 3.8) is 0 Å². The zero-order valence-electron chi connectivity index (χ0n) is 10.5. The van der Waals surface area contributed by atoms with Crippen LogP contribution < -0.4 is 10.6 Å². The van der Waals surface area contributed by atoms with Crippen molar-refractivity contribution in [2.75, 3.05) is 5.32 Å². The van der Waals surface area contributed by atoms with Crippen LogP contribution in [0.3, 0.4) is 0 Å². The number of pyridine rings is 1. The lowest BCUT2D eigenvalue weighted by atomic mass is 10.2. The molecule has 0 fully saturated rings. The summed E-state index contributed by atoms with van der Waals surface area (Å²) in [5.41, 5.74) is 1.91. The molecule has 2 rings (SSSR count). The number of anilines is 1. The van der Waals surface area contributed by atoms with Gasteiger partial charge in [-0.1, -0.05) is 18.2 Å². The molecule has 2 aromatic rings. The molecule has 0 saturated carbocycles. The van der Waals surface area contributed by atoms with Crippen molar-refractivity contribution in [1.29, 1.82) is 0 Å². The Balaban J connectivity index is 1.88. The molecule has 2 N–H and O–H groups in total. The first-order valence-electron chi connectivity index (χ1n) is 5.86. The quantitative estimate of drug-likeness (QED) is 0.890. The van der Waals surface area contributed by atoms with Crippen LogP contribution in [0.5, 0.6) is 0 Å². The average Bonchev–Trinajstić information content (AvgIpc) is 2.40. The Kier molecular flexibility index (Phi) is 4.07. The van der Waals surface area contributed by atoms with Crippen molar-refractivity contribution in [2.24, 2.45) is 0 Å². The van der Waals surface area contributed by atoms with Crippen LogP contribution in [-0.2, 0) is 6.54 Å². The van der Waals surface area contributed by atoms with Gasteiger partial charge in [0.1, 0.15) is 5.82 Å². The summed E-state index contributed by atoms with van der Waals surface area (Å²) in [5.74, 6) is -0.334. The average molecular weight is 259 g/mol. The van der Waals surface area contributed by atoms with E-state index in [1.54, 1.807) is 36.5 Å². The maximum absolute atomic E-state index is 13.3. The van der Waals surface area contributed by atoms with E-state index >= 15 is 0 Å². The fraction of sp³-hybridized carbons (Fsp3) is 0.143. The highest BCUT2D eigenvalue weighted by atomic mass is 19.1. The second kappa shape index (κ2) is 5.95. The molecule has 0 radical (unpaired) electrons. The molecule has 5 heteroatoms. The summed E-state index contributed by atoms with van der Waals surface area (Å²) < 4.78 is 13.3. The zero-order valence-corrected chi connectivity index (χ0v) is 10.5. The summed E-state index contributed by atoms with van der Waals surface area (Å²) in [6, 6.07) is 9.48. The van der Waals surface area contributed by atoms with Gasteiger partial charge in [-0.3, -0.25) is 4.98 Å². The first kappa shape index (κ1) is 13.0. The van der Waals surface area contributed by atoms with Crippen molar-refractivity contribution >= 4 is 11.7 Å². The van der Waals surface area contributed by atoms with E-state index in [0.717, 1.165) is 5.69 Å². The molecular formula is C14H14FN3O. The van der Waals surface area contributed by atoms with E-state index in [2.05, 4.69) is 15.6 Å². The maximum atomic E-state index is 13.3. The number of amides is 2. The highest BCUT2D eigenvalue weighted by Gasteiger charge is 2.04. The smallest absolute Gasteiger partial charge is 0.319 e. The zero-order chi connectivity index (χ0) is 13.7. The molecule has 1 aromatic carbocycles. The van der Waals surface area contributed by atoms with Crippen molar-refractivity contribution in [3.05, 3.63) is 59.7 Å². The van der Waals surface area contributed by atoms with Crippen LogP contribution >= 0.6 is 0 Å². The van der Waals surface area contributed by atoms with Crippen LogP contribution in [-0.4, -0.2) is 11.0 Å². The molecule has 1 heterocycles. The molecule has 1 aromatic heterocycles. The van der Waals surface area contributed by atoms with Crippen LogP contribution in [0.15, 0.2) is 42.6 Å². The van der Waals surface area contributed by atoms with Crippen LogP contribution in [0.1, 0.15) is 11.3 Å². The molecule has 98 valence electrons. The summed E-state index contributed by atoms with van der Waals surface area (Å²) >= 11 is 0. The van der Waals surface area contributed by atoms with Crippen molar-refractivity contribution in [1.82, 2.24) is 10.3 Å². The number of hydrogen-bond acceptors (Lipinski definition) is 2. The van der Waals surface area contributed by atoms with Crippen molar-refractivity contribution in [3.8, 4) is 0 Å². The van der Waals surface area contributed by atoms with Gasteiger partial charge < -0.3 is 10.6 Å². The molecule has 4 nitrogen and oxygen atoms in total. The van der Waals surface area contributed by atoms with E-state index in [0.29, 0.717) is 11.3 Å². The Morgan fingerprint density at radius 3 is 2.74 bits per heavy atom.